The van der Waals surface area contributed by atoms with Gasteiger partial charge in [-0.15, -0.1) is 0 Å². The van der Waals surface area contributed by atoms with Crippen LogP contribution in [0.1, 0.15) is 21.5 Å². The molecule has 0 fully saturated rings. The van der Waals surface area contributed by atoms with E-state index in [1.807, 2.05) is 48.5 Å². The zero-order valence-electron chi connectivity index (χ0n) is 16.6. The second-order valence-electron chi connectivity index (χ2n) is 6.29. The maximum absolute atomic E-state index is 12.4. The highest BCUT2D eigenvalue weighted by Crippen LogP contribution is 2.22. The molecule has 1 N–H and O–H groups in total. The third-order valence-electron chi connectivity index (χ3n) is 4.17. The molecule has 0 atom stereocenters. The van der Waals surface area contributed by atoms with E-state index < -0.39 is 0 Å². The van der Waals surface area contributed by atoms with Crippen LogP contribution in [0.25, 0.3) is 0 Å². The Bertz CT molecular complexity index is 1010. The molecule has 0 spiro atoms. The van der Waals surface area contributed by atoms with Gasteiger partial charge < -0.3 is 14.2 Å². The van der Waals surface area contributed by atoms with E-state index in [1.165, 1.54) is 14.2 Å². The lowest BCUT2D eigenvalue weighted by molar-refractivity contribution is 0.0954. The van der Waals surface area contributed by atoms with Crippen molar-refractivity contribution in [3.8, 4) is 17.2 Å². The minimum Gasteiger partial charge on any atom is -0.497 e. The minimum atomic E-state index is -0.376. The summed E-state index contributed by atoms with van der Waals surface area (Å²) in [5.74, 6) is 1.36. The van der Waals surface area contributed by atoms with Gasteiger partial charge in [-0.25, -0.2) is 5.43 Å². The first-order chi connectivity index (χ1) is 14.6. The van der Waals surface area contributed by atoms with Crippen LogP contribution in [-0.4, -0.2) is 26.3 Å². The number of benzene rings is 3. The number of hydrogen-bond acceptors (Lipinski definition) is 5. The summed E-state index contributed by atoms with van der Waals surface area (Å²) in [5, 5.41) is 4.71. The van der Waals surface area contributed by atoms with Gasteiger partial charge in [-0.1, -0.05) is 35.9 Å². The van der Waals surface area contributed by atoms with E-state index in [-0.39, 0.29) is 5.91 Å². The number of halogens is 1. The van der Waals surface area contributed by atoms with Gasteiger partial charge in [0.15, 0.2) is 0 Å². The van der Waals surface area contributed by atoms with Crippen molar-refractivity contribution in [1.29, 1.82) is 0 Å². The Morgan fingerprint density at radius 3 is 2.33 bits per heavy atom. The number of nitrogens with zero attached hydrogens (tertiary/aromatic N) is 1. The molecule has 6 nitrogen and oxygen atoms in total. The summed E-state index contributed by atoms with van der Waals surface area (Å²) in [7, 11) is 3.05. The van der Waals surface area contributed by atoms with Gasteiger partial charge in [-0.2, -0.15) is 5.10 Å². The predicted octanol–water partition coefficient (Wildman–Crippen LogP) is 4.70. The van der Waals surface area contributed by atoms with Crippen molar-refractivity contribution in [3.63, 3.8) is 0 Å². The second-order valence-corrected chi connectivity index (χ2v) is 6.72. The molecule has 0 aromatic heterocycles. The molecular weight excluding hydrogens is 404 g/mol. The van der Waals surface area contributed by atoms with Crippen LogP contribution < -0.4 is 19.6 Å². The maximum Gasteiger partial charge on any atom is 0.271 e. The summed E-state index contributed by atoms with van der Waals surface area (Å²) in [6, 6.07) is 19.8. The van der Waals surface area contributed by atoms with Crippen LogP contribution in [0.4, 0.5) is 0 Å². The fourth-order valence-corrected chi connectivity index (χ4v) is 2.73. The van der Waals surface area contributed by atoms with E-state index in [9.17, 15) is 4.79 Å². The van der Waals surface area contributed by atoms with E-state index in [0.717, 1.165) is 11.1 Å². The Morgan fingerprint density at radius 1 is 0.967 bits per heavy atom. The summed E-state index contributed by atoms with van der Waals surface area (Å²) in [6.07, 6.45) is 1.55. The Hall–Kier alpha value is -3.51. The lowest BCUT2D eigenvalue weighted by atomic mass is 10.2. The summed E-state index contributed by atoms with van der Waals surface area (Å²) < 4.78 is 16.2. The fraction of sp³-hybridized carbons (Fsp3) is 0.130. The van der Waals surface area contributed by atoms with Gasteiger partial charge in [-0.3, -0.25) is 4.79 Å². The summed E-state index contributed by atoms with van der Waals surface area (Å²) in [6.45, 7) is 0.423. The summed E-state index contributed by atoms with van der Waals surface area (Å²) >= 11 is 5.89. The van der Waals surface area contributed by atoms with Crippen molar-refractivity contribution in [2.75, 3.05) is 14.2 Å². The van der Waals surface area contributed by atoms with Crippen molar-refractivity contribution < 1.29 is 19.0 Å². The van der Waals surface area contributed by atoms with Crippen LogP contribution in [0.15, 0.2) is 71.8 Å². The Labute approximate surface area is 180 Å². The van der Waals surface area contributed by atoms with Gasteiger partial charge in [0.05, 0.1) is 20.4 Å². The molecule has 0 unspecified atom stereocenters. The average molecular weight is 425 g/mol. The number of carbonyl (C=O) groups is 1. The molecule has 0 heterocycles. The molecule has 1 amide bonds. The van der Waals surface area contributed by atoms with E-state index >= 15 is 0 Å². The van der Waals surface area contributed by atoms with Crippen LogP contribution in [0.2, 0.25) is 5.02 Å². The molecule has 154 valence electrons. The van der Waals surface area contributed by atoms with Gasteiger partial charge in [0.2, 0.25) is 0 Å². The molecular formula is C23H21ClN2O4. The molecule has 0 aliphatic heterocycles. The van der Waals surface area contributed by atoms with Crippen molar-refractivity contribution in [2.45, 2.75) is 6.61 Å². The van der Waals surface area contributed by atoms with E-state index in [1.54, 1.807) is 24.4 Å². The van der Waals surface area contributed by atoms with E-state index in [4.69, 9.17) is 25.8 Å². The lowest BCUT2D eigenvalue weighted by Gasteiger charge is -2.08. The number of hydrazone groups is 1. The first kappa shape index (κ1) is 21.2. The zero-order chi connectivity index (χ0) is 21.3. The molecule has 3 aromatic carbocycles. The number of methoxy groups -OCH3 is 2. The number of amides is 1. The Morgan fingerprint density at radius 2 is 1.67 bits per heavy atom. The fourth-order valence-electron chi connectivity index (χ4n) is 2.60. The monoisotopic (exact) mass is 424 g/mol. The van der Waals surface area contributed by atoms with Gasteiger partial charge in [0, 0.05) is 16.7 Å². The number of hydrogen-bond donors (Lipinski definition) is 1. The van der Waals surface area contributed by atoms with Crippen LogP contribution in [0.3, 0.4) is 0 Å². The van der Waals surface area contributed by atoms with Gasteiger partial charge in [-0.05, 0) is 47.5 Å². The van der Waals surface area contributed by atoms with Gasteiger partial charge in [0.1, 0.15) is 23.9 Å². The number of carbonyl (C=O) groups excluding carboxylic acids is 1. The molecule has 3 rings (SSSR count). The number of rotatable bonds is 8. The topological polar surface area (TPSA) is 69.2 Å². The molecule has 0 aliphatic carbocycles. The van der Waals surface area contributed by atoms with Crippen molar-refractivity contribution in [1.82, 2.24) is 5.43 Å². The molecule has 30 heavy (non-hydrogen) atoms. The van der Waals surface area contributed by atoms with Crippen molar-refractivity contribution >= 4 is 23.7 Å². The van der Waals surface area contributed by atoms with Crippen LogP contribution in [0, 0.1) is 0 Å². The molecule has 7 heteroatoms. The first-order valence-electron chi connectivity index (χ1n) is 9.11. The SMILES string of the molecule is COc1cc(OC)cc(C(=O)N/N=C\c2cccc(OCc3ccc(Cl)cc3)c2)c1. The van der Waals surface area contributed by atoms with E-state index in [2.05, 4.69) is 10.5 Å². The second kappa shape index (κ2) is 10.3. The largest absolute Gasteiger partial charge is 0.497 e. The predicted molar refractivity (Wildman–Crippen MR) is 117 cm³/mol. The maximum atomic E-state index is 12.4. The highest BCUT2D eigenvalue weighted by molar-refractivity contribution is 6.30. The Kier molecular flexibility index (Phi) is 7.29. The van der Waals surface area contributed by atoms with Crippen molar-refractivity contribution in [2.24, 2.45) is 5.10 Å². The molecule has 3 aromatic rings. The summed E-state index contributed by atoms with van der Waals surface area (Å²) in [4.78, 5) is 12.4. The molecule has 0 aliphatic rings. The Balaban J connectivity index is 1.60. The first-order valence-corrected chi connectivity index (χ1v) is 9.49. The zero-order valence-corrected chi connectivity index (χ0v) is 17.3. The average Bonchev–Trinajstić information content (AvgIpc) is 2.78. The lowest BCUT2D eigenvalue weighted by Crippen LogP contribution is -2.17. The minimum absolute atomic E-state index is 0.376. The number of nitrogens with one attached hydrogen (secondary N) is 1. The number of ether oxygens (including phenoxy) is 3. The highest BCUT2D eigenvalue weighted by Gasteiger charge is 2.09. The highest BCUT2D eigenvalue weighted by atomic mass is 35.5. The third kappa shape index (κ3) is 5.99. The third-order valence-corrected chi connectivity index (χ3v) is 4.42. The normalized spacial score (nSPS) is 10.6. The van der Waals surface area contributed by atoms with Crippen LogP contribution >= 0.6 is 11.6 Å². The quantitative estimate of drug-likeness (QED) is 0.420. The molecule has 0 radical (unpaired) electrons. The van der Waals surface area contributed by atoms with Gasteiger partial charge in [0.25, 0.3) is 5.91 Å². The van der Waals surface area contributed by atoms with Gasteiger partial charge >= 0.3 is 0 Å². The standard InChI is InChI=1S/C23H21ClN2O4/c1-28-21-11-18(12-22(13-21)29-2)23(27)26-25-14-17-4-3-5-20(10-17)30-15-16-6-8-19(24)9-7-16/h3-14H,15H2,1-2H3,(H,26,27)/b25-14-. The summed E-state index contributed by atoms with van der Waals surface area (Å²) in [5.41, 5.74) is 4.67. The van der Waals surface area contributed by atoms with Crippen molar-refractivity contribution in [3.05, 3.63) is 88.4 Å². The van der Waals surface area contributed by atoms with E-state index in [0.29, 0.717) is 34.4 Å². The molecule has 0 bridgehead atoms. The molecule has 0 saturated carbocycles. The van der Waals surface area contributed by atoms with Crippen LogP contribution in [0.5, 0.6) is 17.2 Å². The van der Waals surface area contributed by atoms with Crippen LogP contribution in [-0.2, 0) is 6.61 Å². The smallest absolute Gasteiger partial charge is 0.271 e. The molecule has 0 saturated heterocycles.